The lowest BCUT2D eigenvalue weighted by atomic mass is 10.2. The molecule has 19 heavy (non-hydrogen) atoms. The number of halogens is 1. The van der Waals surface area contributed by atoms with Crippen molar-refractivity contribution in [3.8, 4) is 0 Å². The molecule has 1 atom stereocenters. The molecule has 1 aromatic heterocycles. The zero-order valence-electron chi connectivity index (χ0n) is 10.8. The lowest BCUT2D eigenvalue weighted by molar-refractivity contribution is 0.687. The first-order valence-electron chi connectivity index (χ1n) is 5.81. The fraction of sp³-hybridized carbons (Fsp3) is 0.214. The highest BCUT2D eigenvalue weighted by Gasteiger charge is 2.04. The minimum absolute atomic E-state index is 0.769. The molecule has 100 valence electrons. The maximum atomic E-state index is 11.3. The Labute approximate surface area is 124 Å². The van der Waals surface area contributed by atoms with Gasteiger partial charge < -0.3 is 4.90 Å². The van der Waals surface area contributed by atoms with E-state index in [1.165, 1.54) is 5.56 Å². The molecule has 1 unspecified atom stereocenters. The van der Waals surface area contributed by atoms with Crippen LogP contribution in [0.15, 0.2) is 52.0 Å². The van der Waals surface area contributed by atoms with E-state index < -0.39 is 10.8 Å². The van der Waals surface area contributed by atoms with Crippen LogP contribution in [0.5, 0.6) is 0 Å². The summed E-state index contributed by atoms with van der Waals surface area (Å²) in [6.07, 6.45) is 3.47. The van der Waals surface area contributed by atoms with Gasteiger partial charge >= 0.3 is 0 Å². The van der Waals surface area contributed by atoms with Gasteiger partial charge in [-0.2, -0.15) is 0 Å². The lowest BCUT2D eigenvalue weighted by Crippen LogP contribution is -2.17. The molecule has 0 saturated heterocycles. The number of hydrogen-bond acceptors (Lipinski definition) is 3. The van der Waals surface area contributed by atoms with Gasteiger partial charge in [0.15, 0.2) is 0 Å². The molecule has 0 bridgehead atoms. The fourth-order valence-corrected chi connectivity index (χ4v) is 2.49. The topological polar surface area (TPSA) is 33.2 Å². The van der Waals surface area contributed by atoms with Crippen LogP contribution in [0.2, 0.25) is 0 Å². The second-order valence-corrected chi connectivity index (χ2v) is 6.58. The van der Waals surface area contributed by atoms with Crippen molar-refractivity contribution in [3.63, 3.8) is 0 Å². The second kappa shape index (κ2) is 6.30. The standard InChI is InChI=1S/C14H15BrN2OS/c1-17(14-8-5-12(15)9-16-14)10-11-3-6-13(7-4-11)19(2)18/h3-9H,10H2,1-2H3. The largest absolute Gasteiger partial charge is 0.355 e. The Balaban J connectivity index is 2.08. The highest BCUT2D eigenvalue weighted by molar-refractivity contribution is 9.10. The molecule has 0 N–H and O–H groups in total. The number of pyridine rings is 1. The van der Waals surface area contributed by atoms with Gasteiger partial charge in [0.1, 0.15) is 5.82 Å². The van der Waals surface area contributed by atoms with E-state index in [2.05, 4.69) is 25.8 Å². The molecule has 0 fully saturated rings. The highest BCUT2D eigenvalue weighted by atomic mass is 79.9. The van der Waals surface area contributed by atoms with Gasteiger partial charge in [-0.25, -0.2) is 4.98 Å². The van der Waals surface area contributed by atoms with Crippen molar-refractivity contribution >= 4 is 32.5 Å². The van der Waals surface area contributed by atoms with Gasteiger partial charge in [-0.1, -0.05) is 12.1 Å². The summed E-state index contributed by atoms with van der Waals surface area (Å²) in [6, 6.07) is 11.8. The van der Waals surface area contributed by atoms with Crippen LogP contribution >= 0.6 is 15.9 Å². The summed E-state index contributed by atoms with van der Waals surface area (Å²) >= 11 is 3.37. The normalized spacial score (nSPS) is 12.2. The molecule has 1 heterocycles. The van der Waals surface area contributed by atoms with Gasteiger partial charge in [-0.3, -0.25) is 4.21 Å². The third-order valence-electron chi connectivity index (χ3n) is 2.78. The molecule has 3 nitrogen and oxygen atoms in total. The number of anilines is 1. The first-order chi connectivity index (χ1) is 9.06. The van der Waals surface area contributed by atoms with Gasteiger partial charge in [-0.15, -0.1) is 0 Å². The van der Waals surface area contributed by atoms with Crippen LogP contribution < -0.4 is 4.90 Å². The van der Waals surface area contributed by atoms with Crippen LogP contribution in [0.25, 0.3) is 0 Å². The SMILES string of the molecule is CN(Cc1ccc(S(C)=O)cc1)c1ccc(Br)cn1. The van der Waals surface area contributed by atoms with E-state index in [0.717, 1.165) is 21.7 Å². The monoisotopic (exact) mass is 338 g/mol. The maximum absolute atomic E-state index is 11.3. The van der Waals surface area contributed by atoms with E-state index in [0.29, 0.717) is 0 Å². The summed E-state index contributed by atoms with van der Waals surface area (Å²) < 4.78 is 12.3. The summed E-state index contributed by atoms with van der Waals surface area (Å²) in [6.45, 7) is 0.769. The molecule has 0 aliphatic rings. The summed E-state index contributed by atoms with van der Waals surface area (Å²) in [7, 11) is 1.08. The van der Waals surface area contributed by atoms with E-state index in [-0.39, 0.29) is 0 Å². The van der Waals surface area contributed by atoms with E-state index >= 15 is 0 Å². The Morgan fingerprint density at radius 2 is 1.89 bits per heavy atom. The van der Waals surface area contributed by atoms with Crippen LogP contribution in [0.4, 0.5) is 5.82 Å². The minimum Gasteiger partial charge on any atom is -0.355 e. The molecule has 0 aliphatic heterocycles. The Morgan fingerprint density at radius 3 is 2.42 bits per heavy atom. The smallest absolute Gasteiger partial charge is 0.128 e. The average Bonchev–Trinajstić information content (AvgIpc) is 2.40. The number of hydrogen-bond donors (Lipinski definition) is 0. The van der Waals surface area contributed by atoms with Crippen LogP contribution in [0.1, 0.15) is 5.56 Å². The quantitative estimate of drug-likeness (QED) is 0.858. The van der Waals surface area contributed by atoms with Crippen molar-refractivity contribution < 1.29 is 4.21 Å². The van der Waals surface area contributed by atoms with Crippen molar-refractivity contribution in [2.75, 3.05) is 18.2 Å². The van der Waals surface area contributed by atoms with Crippen LogP contribution in [0.3, 0.4) is 0 Å². The summed E-state index contributed by atoms with van der Waals surface area (Å²) in [5.74, 6) is 0.923. The molecule has 0 aliphatic carbocycles. The van der Waals surface area contributed by atoms with E-state index in [9.17, 15) is 4.21 Å². The summed E-state index contributed by atoms with van der Waals surface area (Å²) in [5.41, 5.74) is 1.17. The molecule has 0 amide bonds. The zero-order chi connectivity index (χ0) is 13.8. The maximum Gasteiger partial charge on any atom is 0.128 e. The van der Waals surface area contributed by atoms with Crippen molar-refractivity contribution in [2.24, 2.45) is 0 Å². The Kier molecular flexibility index (Phi) is 4.71. The fourth-order valence-electron chi connectivity index (χ4n) is 1.74. The van der Waals surface area contributed by atoms with Gasteiger partial charge in [0, 0.05) is 46.2 Å². The van der Waals surface area contributed by atoms with Crippen molar-refractivity contribution in [2.45, 2.75) is 11.4 Å². The van der Waals surface area contributed by atoms with Crippen molar-refractivity contribution in [1.82, 2.24) is 4.98 Å². The van der Waals surface area contributed by atoms with Gasteiger partial charge in [0.25, 0.3) is 0 Å². The summed E-state index contributed by atoms with van der Waals surface area (Å²) in [5, 5.41) is 0. The number of nitrogens with zero attached hydrogens (tertiary/aromatic N) is 2. The first kappa shape index (κ1) is 14.2. The molecule has 0 saturated carbocycles. The molecule has 2 aromatic rings. The number of benzene rings is 1. The van der Waals surface area contributed by atoms with Crippen LogP contribution in [-0.4, -0.2) is 22.5 Å². The highest BCUT2D eigenvalue weighted by Crippen LogP contribution is 2.16. The molecule has 1 aromatic carbocycles. The predicted octanol–water partition coefficient (Wildman–Crippen LogP) is 3.22. The Bertz CT molecular complexity index is 569. The molecular weight excluding hydrogens is 324 g/mol. The molecule has 0 radical (unpaired) electrons. The van der Waals surface area contributed by atoms with Crippen LogP contribution in [0, 0.1) is 0 Å². The number of rotatable bonds is 4. The third-order valence-corrected chi connectivity index (χ3v) is 4.18. The molecule has 5 heteroatoms. The predicted molar refractivity (Wildman–Crippen MR) is 82.8 cm³/mol. The summed E-state index contributed by atoms with van der Waals surface area (Å²) in [4.78, 5) is 7.28. The van der Waals surface area contributed by atoms with Crippen molar-refractivity contribution in [1.29, 1.82) is 0 Å². The zero-order valence-corrected chi connectivity index (χ0v) is 13.2. The van der Waals surface area contributed by atoms with E-state index in [1.807, 2.05) is 43.4 Å². The van der Waals surface area contributed by atoms with Gasteiger partial charge in [0.05, 0.1) is 0 Å². The average molecular weight is 339 g/mol. The minimum atomic E-state index is -0.920. The number of aromatic nitrogens is 1. The third kappa shape index (κ3) is 3.88. The van der Waals surface area contributed by atoms with Gasteiger partial charge in [0.2, 0.25) is 0 Å². The molecule has 0 spiro atoms. The van der Waals surface area contributed by atoms with E-state index in [4.69, 9.17) is 0 Å². The first-order valence-corrected chi connectivity index (χ1v) is 8.16. The Hall–Kier alpha value is -1.20. The Morgan fingerprint density at radius 1 is 1.21 bits per heavy atom. The van der Waals surface area contributed by atoms with Gasteiger partial charge in [-0.05, 0) is 45.8 Å². The van der Waals surface area contributed by atoms with Crippen LogP contribution in [-0.2, 0) is 17.3 Å². The molecule has 2 rings (SSSR count). The van der Waals surface area contributed by atoms with Crippen molar-refractivity contribution in [3.05, 3.63) is 52.6 Å². The van der Waals surface area contributed by atoms with E-state index in [1.54, 1.807) is 12.5 Å². The lowest BCUT2D eigenvalue weighted by Gasteiger charge is -2.18. The second-order valence-electron chi connectivity index (χ2n) is 4.29. The molecular formula is C14H15BrN2OS.